The molecule has 0 aliphatic heterocycles. The maximum Gasteiger partial charge on any atom is 0.234 e. The molecular weight excluding hydrogens is 296 g/mol. The van der Waals surface area contributed by atoms with Crippen molar-refractivity contribution in [3.8, 4) is 0 Å². The summed E-state index contributed by atoms with van der Waals surface area (Å²) in [6.07, 6.45) is 15.4. The number of fused-ring (bicyclic) bond motifs is 2. The predicted octanol–water partition coefficient (Wildman–Crippen LogP) is 4.70. The molecule has 24 heavy (non-hydrogen) atoms. The van der Waals surface area contributed by atoms with Crippen LogP contribution >= 0.6 is 0 Å². The van der Waals surface area contributed by atoms with E-state index in [1.54, 1.807) is 6.08 Å². The van der Waals surface area contributed by atoms with Crippen molar-refractivity contribution in [1.29, 1.82) is 0 Å². The highest BCUT2D eigenvalue weighted by Gasteiger charge is 2.48. The van der Waals surface area contributed by atoms with Gasteiger partial charge in [-0.1, -0.05) is 13.8 Å². The molecule has 3 heteroatoms. The Kier molecular flexibility index (Phi) is 5.52. The van der Waals surface area contributed by atoms with Gasteiger partial charge < -0.3 is 5.73 Å². The molecule has 0 amide bonds. The second-order valence-electron chi connectivity index (χ2n) is 9.33. The smallest absolute Gasteiger partial charge is 0.234 e. The number of rotatable bonds is 5. The minimum atomic E-state index is 0.364. The van der Waals surface area contributed by atoms with Crippen LogP contribution in [0.1, 0.15) is 78.1 Å². The second-order valence-corrected chi connectivity index (χ2v) is 9.33. The molecular formula is C21H36N2O. The molecule has 4 saturated carbocycles. The lowest BCUT2D eigenvalue weighted by Crippen LogP contribution is -2.26. The molecule has 0 saturated heterocycles. The lowest BCUT2D eigenvalue weighted by atomic mass is 9.77. The molecule has 4 aliphatic rings. The van der Waals surface area contributed by atoms with Gasteiger partial charge >= 0.3 is 0 Å². The normalized spacial score (nSPS) is 45.0. The fourth-order valence-corrected chi connectivity index (χ4v) is 6.07. The molecule has 4 aliphatic carbocycles. The number of nitrogens with two attached hydrogens (primary N) is 1. The van der Waals surface area contributed by atoms with Crippen LogP contribution in [-0.4, -0.2) is 19.2 Å². The van der Waals surface area contributed by atoms with Crippen LogP contribution in [0.15, 0.2) is 4.99 Å². The zero-order chi connectivity index (χ0) is 17.2. The first-order valence-electron chi connectivity index (χ1n) is 10.3. The van der Waals surface area contributed by atoms with Crippen LogP contribution in [0.2, 0.25) is 0 Å². The molecule has 2 unspecified atom stereocenters. The van der Waals surface area contributed by atoms with E-state index in [1.165, 1.54) is 64.2 Å². The second kappa shape index (κ2) is 7.30. The number of aliphatic imine (C=N–C) groups is 1. The van der Waals surface area contributed by atoms with Gasteiger partial charge in [-0.15, -0.1) is 0 Å². The van der Waals surface area contributed by atoms with Gasteiger partial charge in [0.25, 0.3) is 0 Å². The molecule has 0 bridgehead atoms. The summed E-state index contributed by atoms with van der Waals surface area (Å²) in [4.78, 5) is 13.9. The van der Waals surface area contributed by atoms with Gasteiger partial charge in [0.2, 0.25) is 6.08 Å². The molecule has 0 radical (unpaired) electrons. The van der Waals surface area contributed by atoms with Crippen molar-refractivity contribution in [2.45, 2.75) is 78.1 Å². The molecule has 4 rings (SSSR count). The van der Waals surface area contributed by atoms with E-state index in [0.29, 0.717) is 10.8 Å². The summed E-state index contributed by atoms with van der Waals surface area (Å²) in [5.74, 6) is 4.06. The maximum atomic E-state index is 10.1. The van der Waals surface area contributed by atoms with Gasteiger partial charge in [0.15, 0.2) is 0 Å². The Morgan fingerprint density at radius 1 is 0.875 bits per heavy atom. The Hall–Kier alpha value is -0.660. The molecule has 2 N–H and O–H groups in total. The van der Waals surface area contributed by atoms with Crippen LogP contribution in [0, 0.1) is 34.5 Å². The van der Waals surface area contributed by atoms with Crippen molar-refractivity contribution in [2.24, 2.45) is 45.2 Å². The molecule has 0 aromatic heterocycles. The van der Waals surface area contributed by atoms with E-state index in [2.05, 4.69) is 18.8 Å². The van der Waals surface area contributed by atoms with E-state index in [0.717, 1.165) is 36.8 Å². The van der Waals surface area contributed by atoms with Gasteiger partial charge in [0.1, 0.15) is 0 Å². The van der Waals surface area contributed by atoms with E-state index in [-0.39, 0.29) is 0 Å². The van der Waals surface area contributed by atoms with Gasteiger partial charge in [0.05, 0.1) is 6.54 Å². The summed E-state index contributed by atoms with van der Waals surface area (Å²) in [6, 6.07) is 0. The Morgan fingerprint density at radius 3 is 1.58 bits per heavy atom. The number of hydrogen-bond acceptors (Lipinski definition) is 3. The van der Waals surface area contributed by atoms with Crippen LogP contribution in [0.3, 0.4) is 0 Å². The average molecular weight is 333 g/mol. The fraction of sp³-hybridized carbons (Fsp3) is 0.952. The van der Waals surface area contributed by atoms with Gasteiger partial charge in [-0.2, -0.15) is 0 Å². The third-order valence-corrected chi connectivity index (χ3v) is 8.34. The van der Waals surface area contributed by atoms with E-state index in [4.69, 9.17) is 5.73 Å². The predicted molar refractivity (Wildman–Crippen MR) is 98.4 cm³/mol. The molecule has 3 nitrogen and oxygen atoms in total. The molecule has 0 heterocycles. The van der Waals surface area contributed by atoms with Crippen molar-refractivity contribution in [3.05, 3.63) is 0 Å². The van der Waals surface area contributed by atoms with E-state index in [9.17, 15) is 4.79 Å². The first-order chi connectivity index (χ1) is 11.6. The SMILES string of the molecule is CCC1(CN)C[C@H]2CC[C@H]2C1.CCC1(CN=C=O)C[C@H]2CC[C@H]2C1. The third-order valence-electron chi connectivity index (χ3n) is 8.34. The fourth-order valence-electron chi connectivity index (χ4n) is 6.07. The lowest BCUT2D eigenvalue weighted by molar-refractivity contribution is 0.219. The Balaban J connectivity index is 0.000000143. The largest absolute Gasteiger partial charge is 0.330 e. The van der Waals surface area contributed by atoms with Crippen molar-refractivity contribution in [2.75, 3.05) is 13.1 Å². The van der Waals surface area contributed by atoms with Crippen molar-refractivity contribution in [1.82, 2.24) is 0 Å². The Bertz CT molecular complexity index is 452. The van der Waals surface area contributed by atoms with Crippen molar-refractivity contribution >= 4 is 6.08 Å². The standard InChI is InChI=1S/C11H17NO.C10H19N/c1-2-11(7-12-8-13)5-9-3-4-10(9)6-11;1-2-10(7-11)5-8-3-4-9(8)6-10/h9-10H,2-7H2,1H3;8-9H,2-7,11H2,1H3/t9-,10+,11?;8-,9+,10?. The summed E-state index contributed by atoms with van der Waals surface area (Å²) in [7, 11) is 0. The minimum absolute atomic E-state index is 0.364. The highest BCUT2D eigenvalue weighted by atomic mass is 16.1. The summed E-state index contributed by atoms with van der Waals surface area (Å²) in [6.45, 7) is 6.18. The van der Waals surface area contributed by atoms with E-state index >= 15 is 0 Å². The number of isocyanates is 1. The van der Waals surface area contributed by atoms with Gasteiger partial charge in [0, 0.05) is 0 Å². The van der Waals surface area contributed by atoms with Crippen LogP contribution < -0.4 is 5.73 Å². The number of nitrogens with zero attached hydrogens (tertiary/aromatic N) is 1. The molecule has 136 valence electrons. The van der Waals surface area contributed by atoms with Crippen LogP contribution in [0.25, 0.3) is 0 Å². The van der Waals surface area contributed by atoms with Crippen molar-refractivity contribution in [3.63, 3.8) is 0 Å². The van der Waals surface area contributed by atoms with Gasteiger partial charge in [-0.3, -0.25) is 0 Å². The Labute approximate surface area is 147 Å². The summed E-state index contributed by atoms with van der Waals surface area (Å²) in [5, 5.41) is 0. The number of hydrogen-bond donors (Lipinski definition) is 1. The summed E-state index contributed by atoms with van der Waals surface area (Å²) in [5.41, 5.74) is 6.76. The average Bonchev–Trinajstić information content (AvgIpc) is 3.00. The monoisotopic (exact) mass is 332 g/mol. The lowest BCUT2D eigenvalue weighted by Gasteiger charge is -2.29. The van der Waals surface area contributed by atoms with Gasteiger partial charge in [-0.25, -0.2) is 9.79 Å². The van der Waals surface area contributed by atoms with Gasteiger partial charge in [-0.05, 0) is 105 Å². The van der Waals surface area contributed by atoms with E-state index < -0.39 is 0 Å². The third kappa shape index (κ3) is 3.35. The molecule has 6 atom stereocenters. The highest BCUT2D eigenvalue weighted by Crippen LogP contribution is 2.57. The summed E-state index contributed by atoms with van der Waals surface area (Å²) < 4.78 is 0. The van der Waals surface area contributed by atoms with Crippen LogP contribution in [0.5, 0.6) is 0 Å². The maximum absolute atomic E-state index is 10.1. The van der Waals surface area contributed by atoms with Crippen LogP contribution in [0.4, 0.5) is 0 Å². The quantitative estimate of drug-likeness (QED) is 0.586. The van der Waals surface area contributed by atoms with Crippen LogP contribution in [-0.2, 0) is 4.79 Å². The molecule has 0 spiro atoms. The first kappa shape index (κ1) is 18.1. The Morgan fingerprint density at radius 2 is 1.29 bits per heavy atom. The summed E-state index contributed by atoms with van der Waals surface area (Å²) >= 11 is 0. The van der Waals surface area contributed by atoms with E-state index in [1.807, 2.05) is 0 Å². The zero-order valence-corrected chi connectivity index (χ0v) is 15.7. The molecule has 0 aromatic carbocycles. The molecule has 0 aromatic rings. The topological polar surface area (TPSA) is 55.4 Å². The zero-order valence-electron chi connectivity index (χ0n) is 15.7. The van der Waals surface area contributed by atoms with Crippen molar-refractivity contribution < 1.29 is 4.79 Å². The number of carbonyl (C=O) groups excluding carboxylic acids is 1. The first-order valence-corrected chi connectivity index (χ1v) is 10.3. The minimum Gasteiger partial charge on any atom is -0.330 e. The molecule has 4 fully saturated rings. The highest BCUT2D eigenvalue weighted by molar-refractivity contribution is 5.33.